The number of hydrogen-bond donors (Lipinski definition) is 3. The Bertz CT molecular complexity index is 1200. The third-order valence-corrected chi connectivity index (χ3v) is 7.15. The normalized spacial score (nSPS) is 12.7. The highest BCUT2D eigenvalue weighted by Gasteiger charge is 2.17. The van der Waals surface area contributed by atoms with E-state index in [0.717, 1.165) is 29.0 Å². The predicted molar refractivity (Wildman–Crippen MR) is 139 cm³/mol. The van der Waals surface area contributed by atoms with Crippen LogP contribution >= 0.6 is 0 Å². The van der Waals surface area contributed by atoms with Gasteiger partial charge in [0, 0.05) is 41.5 Å². The Balaban J connectivity index is 1.74. The fourth-order valence-corrected chi connectivity index (χ4v) is 4.55. The minimum absolute atomic E-state index is 0.0148. The van der Waals surface area contributed by atoms with Gasteiger partial charge in [0.05, 0.1) is 28.4 Å². The zero-order chi connectivity index (χ0) is 25.4. The topological polar surface area (TPSA) is 121 Å². The molecule has 184 valence electrons. The number of rotatable bonds is 10. The molecule has 3 rings (SSSR count). The molecule has 0 saturated heterocycles. The van der Waals surface area contributed by atoms with E-state index in [9.17, 15) is 4.21 Å². The van der Waals surface area contributed by atoms with Gasteiger partial charge in [0.15, 0.2) is 0 Å². The Morgan fingerprint density at radius 2 is 1.77 bits per heavy atom. The Morgan fingerprint density at radius 3 is 2.40 bits per heavy atom. The van der Waals surface area contributed by atoms with E-state index in [2.05, 4.69) is 15.3 Å². The molecule has 8 nitrogen and oxygen atoms in total. The van der Waals surface area contributed by atoms with Crippen molar-refractivity contribution < 1.29 is 13.7 Å². The van der Waals surface area contributed by atoms with Crippen LogP contribution in [0.4, 0.5) is 0 Å². The third kappa shape index (κ3) is 6.88. The standard InChI is InChI=1S/C26H31N5O3S/c1-17(13-14-33-4)35(32)22-11-9-20(10-12-22)23-16-30-18(2)24(31-23)26(28)34-25(27)21-7-5-19(6-8-21)15-29-3/h5-12,16-17,27-29H,13-15H2,1-4H3. The molecule has 0 aliphatic heterocycles. The fraction of sp³-hybridized carbons (Fsp3) is 0.308. The van der Waals surface area contributed by atoms with Crippen LogP contribution in [0.5, 0.6) is 0 Å². The monoisotopic (exact) mass is 493 g/mol. The second-order valence-corrected chi connectivity index (χ2v) is 9.96. The van der Waals surface area contributed by atoms with Gasteiger partial charge in [-0.15, -0.1) is 0 Å². The first-order valence-electron chi connectivity index (χ1n) is 11.3. The van der Waals surface area contributed by atoms with E-state index in [1.165, 1.54) is 0 Å². The van der Waals surface area contributed by atoms with Gasteiger partial charge in [0.25, 0.3) is 0 Å². The molecule has 1 heterocycles. The number of hydrogen-bond acceptors (Lipinski definition) is 8. The molecule has 0 amide bonds. The SMILES string of the molecule is CNCc1ccc(C(=N)OC(=N)c2nc(-c3ccc(S(=O)C(C)CCOC)cc3)cnc2C)cc1. The summed E-state index contributed by atoms with van der Waals surface area (Å²) in [5.74, 6) is -0.377. The molecule has 0 aliphatic carbocycles. The Morgan fingerprint density at radius 1 is 1.09 bits per heavy atom. The summed E-state index contributed by atoms with van der Waals surface area (Å²) in [6.45, 7) is 4.99. The van der Waals surface area contributed by atoms with Crippen LogP contribution in [-0.2, 0) is 26.8 Å². The number of ether oxygens (including phenoxy) is 2. The minimum atomic E-state index is -1.13. The Labute approximate surface area is 208 Å². The molecule has 9 heteroatoms. The second kappa shape index (κ2) is 12.4. The molecule has 2 atom stereocenters. The summed E-state index contributed by atoms with van der Waals surface area (Å²) in [4.78, 5) is 9.68. The summed E-state index contributed by atoms with van der Waals surface area (Å²) in [6.07, 6.45) is 2.35. The number of nitrogens with one attached hydrogen (secondary N) is 3. The van der Waals surface area contributed by atoms with E-state index in [1.807, 2.05) is 50.4 Å². The molecule has 0 fully saturated rings. The summed E-state index contributed by atoms with van der Waals surface area (Å²) in [6, 6.07) is 14.7. The molecule has 0 spiro atoms. The van der Waals surface area contributed by atoms with Crippen LogP contribution in [-0.4, -0.2) is 52.0 Å². The maximum Gasteiger partial charge on any atom is 0.241 e. The molecule has 0 radical (unpaired) electrons. The molecule has 35 heavy (non-hydrogen) atoms. The maximum atomic E-state index is 12.7. The number of aryl methyl sites for hydroxylation is 1. The van der Waals surface area contributed by atoms with Gasteiger partial charge in [0.1, 0.15) is 5.69 Å². The summed E-state index contributed by atoms with van der Waals surface area (Å²) >= 11 is 0. The highest BCUT2D eigenvalue weighted by atomic mass is 32.2. The van der Waals surface area contributed by atoms with E-state index in [-0.39, 0.29) is 22.7 Å². The molecular weight excluding hydrogens is 462 g/mol. The molecule has 2 aromatic carbocycles. The van der Waals surface area contributed by atoms with E-state index < -0.39 is 10.8 Å². The molecular formula is C26H31N5O3S. The third-order valence-electron chi connectivity index (χ3n) is 5.45. The lowest BCUT2D eigenvalue weighted by Crippen LogP contribution is -2.16. The van der Waals surface area contributed by atoms with Crippen molar-refractivity contribution >= 4 is 22.6 Å². The molecule has 0 aliphatic rings. The van der Waals surface area contributed by atoms with Crippen molar-refractivity contribution in [2.24, 2.45) is 0 Å². The average molecular weight is 494 g/mol. The van der Waals surface area contributed by atoms with Gasteiger partial charge in [0.2, 0.25) is 11.8 Å². The van der Waals surface area contributed by atoms with Gasteiger partial charge in [-0.05, 0) is 50.2 Å². The summed E-state index contributed by atoms with van der Waals surface area (Å²) in [5.41, 5.74) is 3.80. The van der Waals surface area contributed by atoms with E-state index in [4.69, 9.17) is 20.3 Å². The lowest BCUT2D eigenvalue weighted by Gasteiger charge is -2.12. The number of benzene rings is 2. The van der Waals surface area contributed by atoms with Crippen molar-refractivity contribution in [3.63, 3.8) is 0 Å². The molecule has 0 bridgehead atoms. The van der Waals surface area contributed by atoms with Gasteiger partial charge >= 0.3 is 0 Å². The highest BCUT2D eigenvalue weighted by molar-refractivity contribution is 7.85. The zero-order valence-electron chi connectivity index (χ0n) is 20.4. The van der Waals surface area contributed by atoms with Gasteiger partial charge in [-0.25, -0.2) is 4.98 Å². The van der Waals surface area contributed by atoms with Gasteiger partial charge in [-0.1, -0.05) is 31.2 Å². The van der Waals surface area contributed by atoms with Crippen LogP contribution in [0, 0.1) is 17.7 Å². The Kier molecular flexibility index (Phi) is 9.36. The van der Waals surface area contributed by atoms with Crippen molar-refractivity contribution in [3.8, 4) is 11.3 Å². The lowest BCUT2D eigenvalue weighted by molar-refractivity contribution is 0.195. The van der Waals surface area contributed by atoms with E-state index in [1.54, 1.807) is 32.4 Å². The summed E-state index contributed by atoms with van der Waals surface area (Å²) in [5, 5.41) is 19.7. The first-order chi connectivity index (χ1) is 16.8. The van der Waals surface area contributed by atoms with Gasteiger partial charge in [-0.2, -0.15) is 0 Å². The van der Waals surface area contributed by atoms with Crippen molar-refractivity contribution in [3.05, 3.63) is 77.2 Å². The molecule has 0 saturated carbocycles. The number of aromatic nitrogens is 2. The van der Waals surface area contributed by atoms with Crippen LogP contribution in [0.3, 0.4) is 0 Å². The predicted octanol–water partition coefficient (Wildman–Crippen LogP) is 4.07. The van der Waals surface area contributed by atoms with Crippen molar-refractivity contribution in [2.45, 2.75) is 37.0 Å². The van der Waals surface area contributed by atoms with Crippen LogP contribution in [0.25, 0.3) is 11.3 Å². The van der Waals surface area contributed by atoms with Gasteiger partial charge < -0.3 is 14.8 Å². The fourth-order valence-electron chi connectivity index (χ4n) is 3.37. The average Bonchev–Trinajstić information content (AvgIpc) is 2.87. The molecule has 3 N–H and O–H groups in total. The molecule has 2 unspecified atom stereocenters. The maximum absolute atomic E-state index is 12.7. The second-order valence-electron chi connectivity index (χ2n) is 8.09. The van der Waals surface area contributed by atoms with Gasteiger partial charge in [-0.3, -0.25) is 20.0 Å². The zero-order valence-corrected chi connectivity index (χ0v) is 21.2. The summed E-state index contributed by atoms with van der Waals surface area (Å²) < 4.78 is 23.3. The van der Waals surface area contributed by atoms with Crippen LogP contribution in [0.1, 0.15) is 35.9 Å². The minimum Gasteiger partial charge on any atom is -0.419 e. The smallest absolute Gasteiger partial charge is 0.241 e. The number of nitrogens with zero attached hydrogens (tertiary/aromatic N) is 2. The first kappa shape index (κ1) is 26.3. The molecule has 3 aromatic rings. The highest BCUT2D eigenvalue weighted by Crippen LogP contribution is 2.22. The van der Waals surface area contributed by atoms with Crippen molar-refractivity contribution in [2.75, 3.05) is 20.8 Å². The summed E-state index contributed by atoms with van der Waals surface area (Å²) in [7, 11) is 2.37. The largest absolute Gasteiger partial charge is 0.419 e. The van der Waals surface area contributed by atoms with Crippen LogP contribution in [0.2, 0.25) is 0 Å². The van der Waals surface area contributed by atoms with E-state index >= 15 is 0 Å². The van der Waals surface area contributed by atoms with Crippen LogP contribution in [0.15, 0.2) is 59.6 Å². The molecule has 1 aromatic heterocycles. The van der Waals surface area contributed by atoms with E-state index in [0.29, 0.717) is 23.6 Å². The van der Waals surface area contributed by atoms with Crippen molar-refractivity contribution in [1.82, 2.24) is 15.3 Å². The first-order valence-corrected chi connectivity index (χ1v) is 12.5. The van der Waals surface area contributed by atoms with Crippen molar-refractivity contribution in [1.29, 1.82) is 10.8 Å². The Hall–Kier alpha value is -3.27. The lowest BCUT2D eigenvalue weighted by atomic mass is 10.1. The van der Waals surface area contributed by atoms with Crippen LogP contribution < -0.4 is 5.32 Å². The quantitative estimate of drug-likeness (QED) is 0.289. The number of methoxy groups -OCH3 is 1.